The minimum absolute atomic E-state index is 0.0672. The van der Waals surface area contributed by atoms with Crippen LogP contribution in [0.15, 0.2) is 47.6 Å². The summed E-state index contributed by atoms with van der Waals surface area (Å²) in [6.45, 7) is 0.534. The lowest BCUT2D eigenvalue weighted by Gasteiger charge is -2.27. The van der Waals surface area contributed by atoms with Gasteiger partial charge in [-0.05, 0) is 42.7 Å². The van der Waals surface area contributed by atoms with Gasteiger partial charge in [-0.2, -0.15) is 22.6 Å². The summed E-state index contributed by atoms with van der Waals surface area (Å²) in [5, 5.41) is 4.12. The second-order valence-corrected chi connectivity index (χ2v) is 9.72. The number of pyridine rings is 1. The Morgan fingerprint density at radius 3 is 2.55 bits per heavy atom. The summed E-state index contributed by atoms with van der Waals surface area (Å²) in [5.74, 6) is -0.528. The first-order valence-electron chi connectivity index (χ1n) is 10.4. The summed E-state index contributed by atoms with van der Waals surface area (Å²) < 4.78 is 76.2. The molecule has 1 aliphatic rings. The molecule has 4 rings (SSSR count). The van der Waals surface area contributed by atoms with Crippen LogP contribution in [0.25, 0.3) is 16.6 Å². The molecule has 7 nitrogen and oxygen atoms in total. The molecule has 0 spiro atoms. The lowest BCUT2D eigenvalue weighted by atomic mass is 9.99. The number of rotatable bonds is 5. The molecule has 11 heteroatoms. The number of esters is 1. The standard InChI is InChI=1S/C22H22F3N3O4S/c1-32-20(29)13-16-14-26-28-11-8-15(12-18(16)28)21-17(22(23,24)25)6-5-7-19(21)33(30,31)27-9-3-2-4-10-27/h5-8,11-12,14H,2-4,9-10,13H2,1H3. The molecule has 1 aliphatic heterocycles. The van der Waals surface area contributed by atoms with Crippen LogP contribution < -0.4 is 0 Å². The Balaban J connectivity index is 1.93. The normalized spacial score (nSPS) is 15.6. The molecule has 0 N–H and O–H groups in total. The van der Waals surface area contributed by atoms with E-state index in [9.17, 15) is 26.4 Å². The van der Waals surface area contributed by atoms with Crippen molar-refractivity contribution in [3.63, 3.8) is 0 Å². The minimum Gasteiger partial charge on any atom is -0.469 e. The Labute approximate surface area is 188 Å². The van der Waals surface area contributed by atoms with Crippen molar-refractivity contribution in [2.24, 2.45) is 0 Å². The predicted molar refractivity (Wildman–Crippen MR) is 114 cm³/mol. The number of sulfonamides is 1. The summed E-state index contributed by atoms with van der Waals surface area (Å²) in [4.78, 5) is 11.3. The molecule has 3 heterocycles. The number of benzene rings is 1. The summed E-state index contributed by atoms with van der Waals surface area (Å²) in [5.41, 5.74) is -0.551. The van der Waals surface area contributed by atoms with Gasteiger partial charge in [0.05, 0.1) is 35.7 Å². The van der Waals surface area contributed by atoms with E-state index in [-0.39, 0.29) is 25.1 Å². The van der Waals surface area contributed by atoms with Gasteiger partial charge in [0.15, 0.2) is 0 Å². The molecule has 0 aliphatic carbocycles. The first kappa shape index (κ1) is 23.2. The largest absolute Gasteiger partial charge is 0.469 e. The average molecular weight is 481 g/mol. The van der Waals surface area contributed by atoms with E-state index in [0.29, 0.717) is 23.9 Å². The number of aromatic nitrogens is 2. The highest BCUT2D eigenvalue weighted by atomic mass is 32.2. The molecular weight excluding hydrogens is 459 g/mol. The molecular formula is C22H22F3N3O4S. The Morgan fingerprint density at radius 1 is 1.15 bits per heavy atom. The topological polar surface area (TPSA) is 81.0 Å². The number of carbonyl (C=O) groups is 1. The van der Waals surface area contributed by atoms with Gasteiger partial charge in [-0.3, -0.25) is 4.79 Å². The summed E-state index contributed by atoms with van der Waals surface area (Å²) in [7, 11) is -2.93. The molecule has 1 saturated heterocycles. The first-order chi connectivity index (χ1) is 15.6. The second kappa shape index (κ2) is 8.79. The third-order valence-corrected chi connectivity index (χ3v) is 7.66. The zero-order valence-electron chi connectivity index (χ0n) is 17.8. The lowest BCUT2D eigenvalue weighted by molar-refractivity contribution is -0.140. The minimum atomic E-state index is -4.77. The SMILES string of the molecule is COC(=O)Cc1cnn2ccc(-c3c(C(F)(F)F)cccc3S(=O)(=O)N3CCCCC3)cc12. The van der Waals surface area contributed by atoms with E-state index in [0.717, 1.165) is 18.6 Å². The summed E-state index contributed by atoms with van der Waals surface area (Å²) in [6.07, 6.45) is 0.168. The lowest BCUT2D eigenvalue weighted by Crippen LogP contribution is -2.36. The molecule has 176 valence electrons. The first-order valence-corrected chi connectivity index (χ1v) is 11.8. The molecule has 0 radical (unpaired) electrons. The van der Waals surface area contributed by atoms with Crippen molar-refractivity contribution in [2.75, 3.05) is 20.2 Å². The average Bonchev–Trinajstić information content (AvgIpc) is 3.20. The Hall–Kier alpha value is -2.92. The monoisotopic (exact) mass is 481 g/mol. The Bertz CT molecular complexity index is 1300. The molecule has 0 bridgehead atoms. The van der Waals surface area contributed by atoms with Crippen molar-refractivity contribution in [3.05, 3.63) is 53.9 Å². The molecule has 0 saturated carbocycles. The smallest absolute Gasteiger partial charge is 0.417 e. The van der Waals surface area contributed by atoms with Crippen LogP contribution in [0.4, 0.5) is 13.2 Å². The van der Waals surface area contributed by atoms with E-state index < -0.39 is 38.2 Å². The van der Waals surface area contributed by atoms with Crippen LogP contribution in [0.5, 0.6) is 0 Å². The number of halogens is 3. The molecule has 3 aromatic rings. The van der Waals surface area contributed by atoms with E-state index in [4.69, 9.17) is 0 Å². The molecule has 1 fully saturated rings. The van der Waals surface area contributed by atoms with Gasteiger partial charge in [0, 0.05) is 30.4 Å². The maximum Gasteiger partial charge on any atom is 0.417 e. The number of alkyl halides is 3. The van der Waals surface area contributed by atoms with E-state index in [1.807, 2.05) is 0 Å². The van der Waals surface area contributed by atoms with Crippen LogP contribution in [0.1, 0.15) is 30.4 Å². The highest BCUT2D eigenvalue weighted by Crippen LogP contribution is 2.42. The highest BCUT2D eigenvalue weighted by molar-refractivity contribution is 7.89. The number of fused-ring (bicyclic) bond motifs is 1. The summed E-state index contributed by atoms with van der Waals surface area (Å²) >= 11 is 0. The number of ether oxygens (including phenoxy) is 1. The summed E-state index contributed by atoms with van der Waals surface area (Å²) in [6, 6.07) is 6.01. The fraction of sp³-hybridized carbons (Fsp3) is 0.364. The zero-order valence-corrected chi connectivity index (χ0v) is 18.6. The van der Waals surface area contributed by atoms with Crippen LogP contribution in [0.2, 0.25) is 0 Å². The third-order valence-electron chi connectivity index (χ3n) is 5.72. The molecule has 33 heavy (non-hydrogen) atoms. The van der Waals surface area contributed by atoms with Crippen LogP contribution in [0.3, 0.4) is 0 Å². The van der Waals surface area contributed by atoms with Gasteiger partial charge in [-0.1, -0.05) is 12.5 Å². The van der Waals surface area contributed by atoms with Gasteiger partial charge in [0.25, 0.3) is 0 Å². The van der Waals surface area contributed by atoms with Crippen molar-refractivity contribution in [2.45, 2.75) is 36.8 Å². The van der Waals surface area contributed by atoms with Crippen molar-refractivity contribution >= 4 is 21.5 Å². The van der Waals surface area contributed by atoms with Gasteiger partial charge in [-0.25, -0.2) is 12.9 Å². The zero-order chi connectivity index (χ0) is 23.8. The van der Waals surface area contributed by atoms with Gasteiger partial charge >= 0.3 is 12.1 Å². The number of carbonyl (C=O) groups excluding carboxylic acids is 1. The molecule has 0 amide bonds. The number of hydrogen-bond acceptors (Lipinski definition) is 5. The van der Waals surface area contributed by atoms with E-state index in [2.05, 4.69) is 9.84 Å². The van der Waals surface area contributed by atoms with Crippen LogP contribution in [0, 0.1) is 0 Å². The number of methoxy groups -OCH3 is 1. The molecule has 0 unspecified atom stereocenters. The molecule has 1 aromatic carbocycles. The van der Waals surface area contributed by atoms with Crippen molar-refractivity contribution < 1.29 is 31.1 Å². The van der Waals surface area contributed by atoms with Crippen molar-refractivity contribution in [3.8, 4) is 11.1 Å². The third kappa shape index (κ3) is 4.47. The van der Waals surface area contributed by atoms with Crippen LogP contribution >= 0.6 is 0 Å². The fourth-order valence-corrected chi connectivity index (χ4v) is 5.83. The Morgan fingerprint density at radius 2 is 1.88 bits per heavy atom. The van der Waals surface area contributed by atoms with E-state index in [1.165, 1.54) is 46.5 Å². The maximum absolute atomic E-state index is 14.0. The number of nitrogens with zero attached hydrogens (tertiary/aromatic N) is 3. The second-order valence-electron chi connectivity index (χ2n) is 7.81. The Kier molecular flexibility index (Phi) is 6.19. The highest BCUT2D eigenvalue weighted by Gasteiger charge is 2.38. The fourth-order valence-electron chi connectivity index (χ4n) is 4.08. The van der Waals surface area contributed by atoms with Gasteiger partial charge < -0.3 is 4.74 Å². The van der Waals surface area contributed by atoms with Gasteiger partial charge in [-0.15, -0.1) is 0 Å². The van der Waals surface area contributed by atoms with Crippen molar-refractivity contribution in [1.82, 2.24) is 13.9 Å². The number of hydrogen-bond donors (Lipinski definition) is 0. The van der Waals surface area contributed by atoms with E-state index in [1.54, 1.807) is 0 Å². The molecule has 2 aromatic heterocycles. The maximum atomic E-state index is 14.0. The number of piperidine rings is 1. The van der Waals surface area contributed by atoms with Gasteiger partial charge in [0.2, 0.25) is 10.0 Å². The predicted octanol–water partition coefficient (Wildman–Crippen LogP) is 3.91. The molecule has 0 atom stereocenters. The van der Waals surface area contributed by atoms with E-state index >= 15 is 0 Å². The van der Waals surface area contributed by atoms with Crippen molar-refractivity contribution in [1.29, 1.82) is 0 Å². The quantitative estimate of drug-likeness (QED) is 0.516. The van der Waals surface area contributed by atoms with Gasteiger partial charge in [0.1, 0.15) is 0 Å². The van der Waals surface area contributed by atoms with Crippen LogP contribution in [-0.2, 0) is 32.2 Å². The van der Waals surface area contributed by atoms with Crippen LogP contribution in [-0.4, -0.2) is 48.5 Å².